The molecule has 0 amide bonds. The minimum atomic E-state index is -0.0554. The van der Waals surface area contributed by atoms with Crippen molar-refractivity contribution in [3.05, 3.63) is 134 Å². The molecule has 47 heavy (non-hydrogen) atoms. The van der Waals surface area contributed by atoms with E-state index in [4.69, 9.17) is 0 Å². The van der Waals surface area contributed by atoms with Gasteiger partial charge < -0.3 is 0 Å². The quantitative estimate of drug-likeness (QED) is 0.154. The lowest BCUT2D eigenvalue weighted by Crippen LogP contribution is -2.29. The molecule has 0 unspecified atom stereocenters. The van der Waals surface area contributed by atoms with E-state index >= 15 is 0 Å². The second-order valence-electron chi connectivity index (χ2n) is 15.8. The van der Waals surface area contributed by atoms with Crippen LogP contribution in [0, 0.1) is 10.4 Å². The Kier molecular flexibility index (Phi) is 9.35. The van der Waals surface area contributed by atoms with Crippen LogP contribution in [0.3, 0.4) is 0 Å². The number of fused-ring (bicyclic) bond motifs is 2. The van der Waals surface area contributed by atoms with E-state index in [0.717, 1.165) is 19.3 Å². The van der Waals surface area contributed by atoms with Gasteiger partial charge >= 0.3 is 0 Å². The fourth-order valence-electron chi connectivity index (χ4n) is 7.90. The second-order valence-corrected chi connectivity index (χ2v) is 15.8. The largest absolute Gasteiger partial charge is 0.0801 e. The van der Waals surface area contributed by atoms with Gasteiger partial charge in [-0.1, -0.05) is 153 Å². The summed E-state index contributed by atoms with van der Waals surface area (Å²) in [5, 5.41) is 5.81. The summed E-state index contributed by atoms with van der Waals surface area (Å²) >= 11 is 0. The molecule has 0 fully saturated rings. The molecule has 6 rings (SSSR count). The molecule has 0 spiro atoms. The van der Waals surface area contributed by atoms with E-state index in [1.165, 1.54) is 91.4 Å². The topological polar surface area (TPSA) is 0 Å². The highest BCUT2D eigenvalue weighted by Crippen LogP contribution is 2.43. The molecule has 2 aliphatic carbocycles. The number of rotatable bonds is 9. The van der Waals surface area contributed by atoms with Gasteiger partial charge in [0, 0.05) is 0 Å². The Bertz CT molecular complexity index is 2040. The van der Waals surface area contributed by atoms with Gasteiger partial charge in [0.2, 0.25) is 0 Å². The van der Waals surface area contributed by atoms with Crippen molar-refractivity contribution in [3.8, 4) is 22.3 Å². The lowest BCUT2D eigenvalue weighted by molar-refractivity contribution is 0.585. The molecule has 0 aliphatic heterocycles. The van der Waals surface area contributed by atoms with Crippen LogP contribution in [0.1, 0.15) is 123 Å². The van der Waals surface area contributed by atoms with Crippen molar-refractivity contribution in [1.82, 2.24) is 0 Å². The first kappa shape index (κ1) is 33.0. The van der Waals surface area contributed by atoms with Crippen molar-refractivity contribution >= 4 is 17.2 Å². The van der Waals surface area contributed by atoms with Crippen molar-refractivity contribution in [2.45, 2.75) is 111 Å². The molecule has 0 heterocycles. The predicted molar refractivity (Wildman–Crippen MR) is 206 cm³/mol. The van der Waals surface area contributed by atoms with E-state index < -0.39 is 0 Å². The van der Waals surface area contributed by atoms with Gasteiger partial charge in [-0.25, -0.2) is 0 Å². The Morgan fingerprint density at radius 3 is 1.85 bits per heavy atom. The molecular weight excluding hydrogens is 565 g/mol. The van der Waals surface area contributed by atoms with Crippen molar-refractivity contribution in [1.29, 1.82) is 0 Å². The molecule has 0 heteroatoms. The second kappa shape index (κ2) is 13.3. The summed E-state index contributed by atoms with van der Waals surface area (Å²) in [6.07, 6.45) is 17.7. The number of unbranched alkanes of at least 4 members (excludes halogenated alkanes) is 2. The Morgan fingerprint density at radius 1 is 0.702 bits per heavy atom. The van der Waals surface area contributed by atoms with Gasteiger partial charge in [0.25, 0.3) is 0 Å². The first-order valence-electron chi connectivity index (χ1n) is 18.1. The van der Waals surface area contributed by atoms with E-state index in [-0.39, 0.29) is 10.8 Å². The van der Waals surface area contributed by atoms with Crippen molar-refractivity contribution in [3.63, 3.8) is 0 Å². The SMILES string of the molecule is CCCCC(CCCC)=c1c(C(C)(C)C)c(-c2ccccc2)c(C2=CC=CC2)c2c1=c1cc(C(C)(C)C)c(-c3ccccc3)cc1=C2. The van der Waals surface area contributed by atoms with Gasteiger partial charge in [0.15, 0.2) is 0 Å². The van der Waals surface area contributed by atoms with Crippen LogP contribution in [-0.4, -0.2) is 0 Å². The lowest BCUT2D eigenvalue weighted by atomic mass is 9.74. The summed E-state index contributed by atoms with van der Waals surface area (Å²) in [4.78, 5) is 0. The zero-order valence-corrected chi connectivity index (χ0v) is 30.2. The highest BCUT2D eigenvalue weighted by Gasteiger charge is 2.30. The maximum atomic E-state index is 2.58. The zero-order valence-electron chi connectivity index (χ0n) is 30.2. The molecule has 0 aromatic heterocycles. The van der Waals surface area contributed by atoms with Gasteiger partial charge in [0.05, 0.1) is 0 Å². The van der Waals surface area contributed by atoms with Gasteiger partial charge in [-0.05, 0) is 132 Å². The monoisotopic (exact) mass is 618 g/mol. The third kappa shape index (κ3) is 6.37. The molecule has 4 aromatic carbocycles. The Labute approximate surface area is 284 Å². The van der Waals surface area contributed by atoms with Crippen LogP contribution in [0.2, 0.25) is 0 Å². The highest BCUT2D eigenvalue weighted by atomic mass is 14.3. The van der Waals surface area contributed by atoms with Crippen LogP contribution >= 0.6 is 0 Å². The third-order valence-electron chi connectivity index (χ3n) is 10.1. The Balaban J connectivity index is 1.94. The van der Waals surface area contributed by atoms with Crippen LogP contribution in [0.15, 0.2) is 91.0 Å². The van der Waals surface area contributed by atoms with Crippen molar-refractivity contribution in [2.75, 3.05) is 0 Å². The molecule has 0 atom stereocenters. The first-order valence-corrected chi connectivity index (χ1v) is 18.1. The number of benzene rings is 4. The molecule has 0 saturated carbocycles. The molecule has 242 valence electrons. The van der Waals surface area contributed by atoms with E-state index in [9.17, 15) is 0 Å². The molecule has 2 aliphatic rings. The first-order chi connectivity index (χ1) is 22.5. The summed E-state index contributed by atoms with van der Waals surface area (Å²) in [5.41, 5.74) is 14.3. The maximum absolute atomic E-state index is 2.58. The van der Waals surface area contributed by atoms with Gasteiger partial charge in [0.1, 0.15) is 0 Å². The van der Waals surface area contributed by atoms with E-state index in [1.807, 2.05) is 0 Å². The smallest absolute Gasteiger partial charge is 0.00234 e. The summed E-state index contributed by atoms with van der Waals surface area (Å²) in [5.74, 6) is 0. The number of allylic oxidation sites excluding steroid dienone is 4. The molecule has 4 aromatic rings. The molecule has 0 radical (unpaired) electrons. The van der Waals surface area contributed by atoms with Gasteiger partial charge in [-0.3, -0.25) is 0 Å². The molecule has 0 nitrogen and oxygen atoms in total. The number of hydrogen-bond donors (Lipinski definition) is 0. The van der Waals surface area contributed by atoms with Gasteiger partial charge in [-0.15, -0.1) is 0 Å². The van der Waals surface area contributed by atoms with E-state index in [2.05, 4.69) is 152 Å². The van der Waals surface area contributed by atoms with Crippen molar-refractivity contribution < 1.29 is 0 Å². The predicted octanol–water partition coefficient (Wildman–Crippen LogP) is 11.9. The average Bonchev–Trinajstić information content (AvgIpc) is 3.72. The van der Waals surface area contributed by atoms with Crippen LogP contribution < -0.4 is 10.4 Å². The molecular formula is C47H54. The summed E-state index contributed by atoms with van der Waals surface area (Å²) in [7, 11) is 0. The zero-order chi connectivity index (χ0) is 33.3. The fraction of sp³-hybridized carbons (Fsp3) is 0.362. The van der Waals surface area contributed by atoms with Crippen LogP contribution in [0.4, 0.5) is 0 Å². The molecule has 0 saturated heterocycles. The lowest BCUT2D eigenvalue weighted by Gasteiger charge is -2.30. The Hall–Kier alpha value is -3.90. The minimum absolute atomic E-state index is 0.00233. The standard InChI is InChI=1S/C47H54/c1-9-11-21-34(22-12-10-2)43-44-38-31-40(46(3,4)5)37(32-23-15-13-16-24-32)29-36(38)30-39(44)41(33-27-19-20-28-33)42(45(43)47(6,7)8)35-25-17-14-18-26-35/h13-20,23-27,29-31H,9-12,21-22,28H2,1-8H3. The molecule has 0 bridgehead atoms. The van der Waals surface area contributed by atoms with E-state index in [0.29, 0.717) is 0 Å². The van der Waals surface area contributed by atoms with E-state index in [1.54, 1.807) is 10.8 Å². The third-order valence-corrected chi connectivity index (χ3v) is 10.1. The van der Waals surface area contributed by atoms with Crippen LogP contribution in [0.5, 0.6) is 0 Å². The normalized spacial score (nSPS) is 13.7. The van der Waals surface area contributed by atoms with Crippen LogP contribution in [-0.2, 0) is 10.8 Å². The van der Waals surface area contributed by atoms with Crippen LogP contribution in [0.25, 0.3) is 39.5 Å². The maximum Gasteiger partial charge on any atom is -0.00234 e. The Morgan fingerprint density at radius 2 is 1.32 bits per heavy atom. The van der Waals surface area contributed by atoms with Crippen molar-refractivity contribution in [2.24, 2.45) is 0 Å². The average molecular weight is 619 g/mol. The number of hydrogen-bond acceptors (Lipinski definition) is 0. The van der Waals surface area contributed by atoms with Gasteiger partial charge in [-0.2, -0.15) is 0 Å². The molecule has 0 N–H and O–H groups in total. The summed E-state index contributed by atoms with van der Waals surface area (Å²) in [6, 6.07) is 27.4. The summed E-state index contributed by atoms with van der Waals surface area (Å²) < 4.78 is 0. The fourth-order valence-corrected chi connectivity index (χ4v) is 7.90. The minimum Gasteiger partial charge on any atom is -0.0801 e. The highest BCUT2D eigenvalue weighted by molar-refractivity contribution is 5.92. The summed E-state index contributed by atoms with van der Waals surface area (Å²) in [6.45, 7) is 19.2.